The molecule has 17 heavy (non-hydrogen) atoms. The van der Waals surface area contributed by atoms with Crippen LogP contribution in [0.5, 0.6) is 0 Å². The monoisotopic (exact) mass is 238 g/mol. The Morgan fingerprint density at radius 1 is 1.35 bits per heavy atom. The van der Waals surface area contributed by atoms with Crippen molar-refractivity contribution < 1.29 is 4.79 Å². The van der Waals surface area contributed by atoms with E-state index in [0.29, 0.717) is 6.54 Å². The summed E-state index contributed by atoms with van der Waals surface area (Å²) in [5, 5.41) is 0. The van der Waals surface area contributed by atoms with E-state index < -0.39 is 5.41 Å². The molecule has 0 fully saturated rings. The molecule has 0 atom stereocenters. The van der Waals surface area contributed by atoms with E-state index in [1.54, 1.807) is 0 Å². The third-order valence-electron chi connectivity index (χ3n) is 3.55. The second-order valence-electron chi connectivity index (χ2n) is 6.57. The minimum absolute atomic E-state index is 0.171. The molecule has 0 bridgehead atoms. The third-order valence-corrected chi connectivity index (χ3v) is 3.55. The van der Waals surface area contributed by atoms with Gasteiger partial charge in [-0.1, -0.05) is 32.4 Å². The van der Waals surface area contributed by atoms with E-state index in [9.17, 15) is 4.79 Å². The fourth-order valence-electron chi connectivity index (χ4n) is 2.05. The first-order valence-electron chi connectivity index (χ1n) is 6.37. The minimum Gasteiger partial charge on any atom is -0.338 e. The molecule has 1 aliphatic heterocycles. The third kappa shape index (κ3) is 3.32. The molecule has 1 rings (SSSR count). The molecule has 0 aromatic heterocycles. The lowest BCUT2D eigenvalue weighted by Gasteiger charge is -2.36. The number of carbonyl (C=O) groups is 1. The average Bonchev–Trinajstić information content (AvgIpc) is 2.27. The maximum absolute atomic E-state index is 12.2. The van der Waals surface area contributed by atoms with E-state index >= 15 is 0 Å². The van der Waals surface area contributed by atoms with Crippen LogP contribution in [0.4, 0.5) is 0 Å². The van der Waals surface area contributed by atoms with Gasteiger partial charge in [-0.25, -0.2) is 0 Å². The molecule has 0 unspecified atom stereocenters. The molecule has 1 heterocycles. The lowest BCUT2D eigenvalue weighted by Crippen LogP contribution is -2.46. The van der Waals surface area contributed by atoms with Crippen LogP contribution in [0.3, 0.4) is 0 Å². The number of hydrogen-bond donors (Lipinski definition) is 1. The van der Waals surface area contributed by atoms with Crippen LogP contribution in [0.2, 0.25) is 0 Å². The molecule has 1 aliphatic rings. The van der Waals surface area contributed by atoms with Crippen molar-refractivity contribution in [2.24, 2.45) is 16.6 Å². The Kier molecular flexibility index (Phi) is 4.03. The Labute approximate surface area is 105 Å². The molecule has 0 aromatic carbocycles. The summed E-state index contributed by atoms with van der Waals surface area (Å²) in [6.07, 6.45) is 3.18. The van der Waals surface area contributed by atoms with Crippen molar-refractivity contribution in [1.29, 1.82) is 0 Å². The van der Waals surface area contributed by atoms with Gasteiger partial charge >= 0.3 is 0 Å². The summed E-state index contributed by atoms with van der Waals surface area (Å²) in [6, 6.07) is 0. The van der Waals surface area contributed by atoms with Gasteiger partial charge in [-0.3, -0.25) is 4.79 Å². The first-order valence-corrected chi connectivity index (χ1v) is 6.37. The van der Waals surface area contributed by atoms with E-state index in [4.69, 9.17) is 5.73 Å². The number of nitrogens with zero attached hydrogens (tertiary/aromatic N) is 1. The molecule has 0 aromatic rings. The van der Waals surface area contributed by atoms with Gasteiger partial charge in [0.25, 0.3) is 0 Å². The standard InChI is InChI=1S/C14H26N2O/c1-13(2,3)11-6-8-16(9-7-11)12(17)14(4,5)10-15/h6H,7-10,15H2,1-5H3. The second kappa shape index (κ2) is 4.81. The molecular weight excluding hydrogens is 212 g/mol. The maximum Gasteiger partial charge on any atom is 0.229 e. The van der Waals surface area contributed by atoms with Gasteiger partial charge in [-0.2, -0.15) is 0 Å². The predicted octanol–water partition coefficient (Wildman–Crippen LogP) is 2.18. The first kappa shape index (κ1) is 14.2. The van der Waals surface area contributed by atoms with Crippen LogP contribution in [-0.2, 0) is 4.79 Å². The van der Waals surface area contributed by atoms with Crippen molar-refractivity contribution in [3.05, 3.63) is 11.6 Å². The van der Waals surface area contributed by atoms with Crippen molar-refractivity contribution >= 4 is 5.91 Å². The number of rotatable bonds is 2. The highest BCUT2D eigenvalue weighted by molar-refractivity contribution is 5.82. The Hall–Kier alpha value is -0.830. The zero-order chi connectivity index (χ0) is 13.3. The summed E-state index contributed by atoms with van der Waals surface area (Å²) < 4.78 is 0. The molecule has 2 N–H and O–H groups in total. The summed E-state index contributed by atoms with van der Waals surface area (Å²) in [5.41, 5.74) is 6.88. The number of amides is 1. The van der Waals surface area contributed by atoms with Gasteiger partial charge in [0.15, 0.2) is 0 Å². The highest BCUT2D eigenvalue weighted by Crippen LogP contribution is 2.31. The lowest BCUT2D eigenvalue weighted by molar-refractivity contribution is -0.139. The number of hydrogen-bond acceptors (Lipinski definition) is 2. The first-order chi connectivity index (χ1) is 7.68. The lowest BCUT2D eigenvalue weighted by atomic mass is 9.82. The normalized spacial score (nSPS) is 18.0. The molecule has 0 saturated heterocycles. The predicted molar refractivity (Wildman–Crippen MR) is 71.6 cm³/mol. The topological polar surface area (TPSA) is 46.3 Å². The summed E-state index contributed by atoms with van der Waals surface area (Å²) in [5.74, 6) is 0.171. The smallest absolute Gasteiger partial charge is 0.229 e. The van der Waals surface area contributed by atoms with Crippen LogP contribution in [0.15, 0.2) is 11.6 Å². The largest absolute Gasteiger partial charge is 0.338 e. The van der Waals surface area contributed by atoms with Gasteiger partial charge < -0.3 is 10.6 Å². The molecule has 3 heteroatoms. The zero-order valence-electron chi connectivity index (χ0n) is 11.8. The Bertz CT molecular complexity index is 324. The van der Waals surface area contributed by atoms with Gasteiger partial charge in [-0.15, -0.1) is 0 Å². The van der Waals surface area contributed by atoms with Gasteiger partial charge in [0.2, 0.25) is 5.91 Å². The van der Waals surface area contributed by atoms with Crippen LogP contribution >= 0.6 is 0 Å². The fraction of sp³-hybridized carbons (Fsp3) is 0.786. The summed E-state index contributed by atoms with van der Waals surface area (Å²) >= 11 is 0. The van der Waals surface area contributed by atoms with E-state index in [2.05, 4.69) is 26.8 Å². The molecule has 0 aliphatic carbocycles. The average molecular weight is 238 g/mol. The number of carbonyl (C=O) groups excluding carboxylic acids is 1. The van der Waals surface area contributed by atoms with Crippen LogP contribution in [0.25, 0.3) is 0 Å². The van der Waals surface area contributed by atoms with E-state index in [1.807, 2.05) is 18.7 Å². The van der Waals surface area contributed by atoms with Crippen molar-refractivity contribution in [1.82, 2.24) is 4.90 Å². The van der Waals surface area contributed by atoms with E-state index in [1.165, 1.54) is 5.57 Å². The van der Waals surface area contributed by atoms with Gasteiger partial charge in [0.1, 0.15) is 0 Å². The van der Waals surface area contributed by atoms with E-state index in [0.717, 1.165) is 19.5 Å². The van der Waals surface area contributed by atoms with Crippen molar-refractivity contribution in [2.75, 3.05) is 19.6 Å². The Morgan fingerprint density at radius 3 is 2.29 bits per heavy atom. The van der Waals surface area contributed by atoms with E-state index in [-0.39, 0.29) is 11.3 Å². The Morgan fingerprint density at radius 2 is 1.94 bits per heavy atom. The van der Waals surface area contributed by atoms with Crippen molar-refractivity contribution in [3.63, 3.8) is 0 Å². The summed E-state index contributed by atoms with van der Waals surface area (Å²) in [7, 11) is 0. The highest BCUT2D eigenvalue weighted by atomic mass is 16.2. The summed E-state index contributed by atoms with van der Waals surface area (Å²) in [6.45, 7) is 12.5. The van der Waals surface area contributed by atoms with Gasteiger partial charge in [-0.05, 0) is 25.7 Å². The van der Waals surface area contributed by atoms with Crippen LogP contribution in [-0.4, -0.2) is 30.4 Å². The van der Waals surface area contributed by atoms with Gasteiger partial charge in [0.05, 0.1) is 5.41 Å². The SMILES string of the molecule is CC(C)(C)C1=CCN(C(=O)C(C)(C)CN)CC1. The van der Waals surface area contributed by atoms with Crippen LogP contribution < -0.4 is 5.73 Å². The van der Waals surface area contributed by atoms with Crippen molar-refractivity contribution in [3.8, 4) is 0 Å². The second-order valence-corrected chi connectivity index (χ2v) is 6.57. The molecule has 98 valence electrons. The van der Waals surface area contributed by atoms with Crippen LogP contribution in [0.1, 0.15) is 41.0 Å². The van der Waals surface area contributed by atoms with Gasteiger partial charge in [0, 0.05) is 19.6 Å². The van der Waals surface area contributed by atoms with Crippen LogP contribution in [0, 0.1) is 10.8 Å². The highest BCUT2D eigenvalue weighted by Gasteiger charge is 2.32. The molecule has 1 amide bonds. The zero-order valence-corrected chi connectivity index (χ0v) is 11.8. The fourth-order valence-corrected chi connectivity index (χ4v) is 2.05. The van der Waals surface area contributed by atoms with Crippen molar-refractivity contribution in [2.45, 2.75) is 41.0 Å². The number of nitrogens with two attached hydrogens (primary N) is 1. The summed E-state index contributed by atoms with van der Waals surface area (Å²) in [4.78, 5) is 14.1. The maximum atomic E-state index is 12.2. The minimum atomic E-state index is -0.437. The molecule has 0 radical (unpaired) electrons. The Balaban J connectivity index is 2.70. The molecule has 3 nitrogen and oxygen atoms in total. The molecular formula is C14H26N2O. The molecule has 0 saturated carbocycles. The quantitative estimate of drug-likeness (QED) is 0.749. The molecule has 0 spiro atoms.